The van der Waals surface area contributed by atoms with Crippen molar-refractivity contribution in [1.29, 1.82) is 0 Å². The van der Waals surface area contributed by atoms with E-state index in [9.17, 15) is 0 Å². The van der Waals surface area contributed by atoms with Gasteiger partial charge in [0.25, 0.3) is 0 Å². The zero-order valence-electron chi connectivity index (χ0n) is 9.83. The fourth-order valence-electron chi connectivity index (χ4n) is 2.76. The quantitative estimate of drug-likeness (QED) is 0.606. The number of rotatable bonds is 1. The molecule has 0 radical (unpaired) electrons. The van der Waals surface area contributed by atoms with Gasteiger partial charge in [-0.1, -0.05) is 13.0 Å². The fraction of sp³-hybridized carbons (Fsp3) is 0.462. The Morgan fingerprint density at radius 1 is 1.38 bits per heavy atom. The Bertz CT molecular complexity index is 528. The van der Waals surface area contributed by atoms with E-state index in [0.29, 0.717) is 0 Å². The molecule has 0 saturated heterocycles. The first-order chi connectivity index (χ1) is 7.31. The van der Waals surface area contributed by atoms with Gasteiger partial charge in [0.15, 0.2) is 6.54 Å². The highest BCUT2D eigenvalue weighted by atomic mass is 79.9. The molecule has 0 amide bonds. The van der Waals surface area contributed by atoms with Gasteiger partial charge in [-0.15, -0.1) is 4.68 Å². The van der Waals surface area contributed by atoms with Crippen LogP contribution in [-0.4, -0.2) is 4.68 Å². The third-order valence-corrected chi connectivity index (χ3v) is 3.42. The van der Waals surface area contributed by atoms with E-state index in [1.807, 2.05) is 0 Å². The molecule has 1 aliphatic rings. The van der Waals surface area contributed by atoms with E-state index in [1.165, 1.54) is 41.7 Å². The van der Waals surface area contributed by atoms with Gasteiger partial charge >= 0.3 is 0 Å². The van der Waals surface area contributed by atoms with E-state index >= 15 is 0 Å². The fourth-order valence-corrected chi connectivity index (χ4v) is 2.76. The maximum absolute atomic E-state index is 2.46. The molecular formula is C13H17BrN2. The lowest BCUT2D eigenvalue weighted by atomic mass is 10.1. The normalized spacial score (nSPS) is 13.9. The molecule has 2 aromatic rings. The van der Waals surface area contributed by atoms with E-state index in [4.69, 9.17) is 0 Å². The molecule has 0 N–H and O–H groups in total. The maximum Gasteiger partial charge on any atom is 0.238 e. The first-order valence-electron chi connectivity index (χ1n) is 5.83. The summed E-state index contributed by atoms with van der Waals surface area (Å²) in [5.74, 6) is 0. The Morgan fingerprint density at radius 2 is 2.19 bits per heavy atom. The van der Waals surface area contributed by atoms with Crippen LogP contribution in [0.3, 0.4) is 0 Å². The number of hydrogen-bond acceptors (Lipinski definition) is 0. The molecule has 0 spiro atoms. The number of hydrogen-bond donors (Lipinski definition) is 0. The summed E-state index contributed by atoms with van der Waals surface area (Å²) < 4.78 is 4.90. The Hall–Kier alpha value is -0.830. The Morgan fingerprint density at radius 3 is 2.94 bits per heavy atom. The van der Waals surface area contributed by atoms with E-state index in [2.05, 4.69) is 41.4 Å². The minimum atomic E-state index is 0. The van der Waals surface area contributed by atoms with Gasteiger partial charge < -0.3 is 17.0 Å². The largest absolute Gasteiger partial charge is 1.00 e. The van der Waals surface area contributed by atoms with Crippen molar-refractivity contribution in [3.8, 4) is 0 Å². The van der Waals surface area contributed by atoms with Crippen molar-refractivity contribution in [1.82, 2.24) is 4.68 Å². The molecule has 16 heavy (non-hydrogen) atoms. The number of aryl methyl sites for hydroxylation is 3. The van der Waals surface area contributed by atoms with Gasteiger partial charge in [-0.3, -0.25) is 0 Å². The van der Waals surface area contributed by atoms with Crippen molar-refractivity contribution >= 4 is 10.9 Å². The van der Waals surface area contributed by atoms with Gasteiger partial charge in [-0.2, -0.15) is 4.68 Å². The molecule has 0 fully saturated rings. The minimum Gasteiger partial charge on any atom is -1.00 e. The molecule has 0 saturated carbocycles. The number of fused-ring (bicyclic) bond motifs is 3. The second-order valence-electron chi connectivity index (χ2n) is 4.42. The van der Waals surface area contributed by atoms with Gasteiger partial charge in [0.05, 0.1) is 17.6 Å². The summed E-state index contributed by atoms with van der Waals surface area (Å²) in [5.41, 5.74) is 4.28. The van der Waals surface area contributed by atoms with Crippen molar-refractivity contribution in [2.45, 2.75) is 39.8 Å². The van der Waals surface area contributed by atoms with Crippen molar-refractivity contribution in [3.05, 3.63) is 29.5 Å². The predicted octanol–water partition coefficient (Wildman–Crippen LogP) is -0.793. The molecule has 0 bridgehead atoms. The van der Waals surface area contributed by atoms with Gasteiger partial charge in [-0.25, -0.2) is 0 Å². The average molecular weight is 281 g/mol. The molecular weight excluding hydrogens is 264 g/mol. The number of halogens is 1. The highest BCUT2D eigenvalue weighted by Crippen LogP contribution is 2.21. The Kier molecular flexibility index (Phi) is 3.06. The Labute approximate surface area is 107 Å². The minimum absolute atomic E-state index is 0. The van der Waals surface area contributed by atoms with Crippen molar-refractivity contribution in [2.75, 3.05) is 0 Å². The monoisotopic (exact) mass is 280 g/mol. The van der Waals surface area contributed by atoms with Crippen LogP contribution in [-0.2, 0) is 19.5 Å². The summed E-state index contributed by atoms with van der Waals surface area (Å²) in [4.78, 5) is 0. The standard InChI is InChI=1S/C13H17N2.BrH/c1-3-12-11-9-10(2)5-6-13(11)15-8-4-7-14(12)15;/h5-6,9H,3-4,7-8H2,1-2H3;1H/q+1;/p-1. The van der Waals surface area contributed by atoms with E-state index in [1.54, 1.807) is 0 Å². The lowest BCUT2D eigenvalue weighted by Gasteiger charge is -1.95. The molecule has 0 unspecified atom stereocenters. The molecule has 0 atom stereocenters. The molecule has 0 aliphatic carbocycles. The zero-order chi connectivity index (χ0) is 10.4. The SMILES string of the molecule is CCc1c2cc(C)ccc2[n+]2n1CCC2.[Br-]. The molecule has 1 aromatic heterocycles. The van der Waals surface area contributed by atoms with Crippen LogP contribution in [0, 0.1) is 6.92 Å². The van der Waals surface area contributed by atoms with Crippen LogP contribution in [0.5, 0.6) is 0 Å². The second-order valence-corrected chi connectivity index (χ2v) is 4.42. The topological polar surface area (TPSA) is 8.81 Å². The van der Waals surface area contributed by atoms with Crippen molar-refractivity contribution < 1.29 is 21.7 Å². The third kappa shape index (κ3) is 1.49. The lowest BCUT2D eigenvalue weighted by Crippen LogP contribution is -3.00. The number of benzene rings is 1. The van der Waals surface area contributed by atoms with Crippen LogP contribution in [0.1, 0.15) is 24.6 Å². The number of nitrogens with zero attached hydrogens (tertiary/aromatic N) is 2. The number of aromatic nitrogens is 2. The maximum atomic E-state index is 2.46. The van der Waals surface area contributed by atoms with Crippen LogP contribution in [0.15, 0.2) is 18.2 Å². The summed E-state index contributed by atoms with van der Waals surface area (Å²) in [6.07, 6.45) is 2.42. The van der Waals surface area contributed by atoms with Crippen LogP contribution >= 0.6 is 0 Å². The first-order valence-corrected chi connectivity index (χ1v) is 5.83. The summed E-state index contributed by atoms with van der Waals surface area (Å²) in [6, 6.07) is 6.81. The first kappa shape index (κ1) is 11.6. The molecule has 2 heterocycles. The molecule has 86 valence electrons. The van der Waals surface area contributed by atoms with E-state index in [-0.39, 0.29) is 17.0 Å². The van der Waals surface area contributed by atoms with Gasteiger partial charge in [0.1, 0.15) is 0 Å². The van der Waals surface area contributed by atoms with Crippen molar-refractivity contribution in [3.63, 3.8) is 0 Å². The van der Waals surface area contributed by atoms with Crippen LogP contribution < -0.4 is 21.7 Å². The average Bonchev–Trinajstić information content (AvgIpc) is 2.76. The van der Waals surface area contributed by atoms with Crippen LogP contribution in [0.2, 0.25) is 0 Å². The van der Waals surface area contributed by atoms with Crippen LogP contribution in [0.25, 0.3) is 10.9 Å². The van der Waals surface area contributed by atoms with E-state index < -0.39 is 0 Å². The van der Waals surface area contributed by atoms with Gasteiger partial charge in [0, 0.05) is 12.5 Å². The highest BCUT2D eigenvalue weighted by molar-refractivity contribution is 5.79. The van der Waals surface area contributed by atoms with Gasteiger partial charge in [-0.05, 0) is 25.0 Å². The summed E-state index contributed by atoms with van der Waals surface area (Å²) >= 11 is 0. The van der Waals surface area contributed by atoms with Crippen LogP contribution in [0.4, 0.5) is 0 Å². The lowest BCUT2D eigenvalue weighted by molar-refractivity contribution is -0.735. The second kappa shape index (κ2) is 4.21. The zero-order valence-corrected chi connectivity index (χ0v) is 11.4. The van der Waals surface area contributed by atoms with E-state index in [0.717, 1.165) is 6.42 Å². The summed E-state index contributed by atoms with van der Waals surface area (Å²) in [6.45, 7) is 6.80. The molecule has 3 rings (SSSR count). The third-order valence-electron chi connectivity index (χ3n) is 3.42. The smallest absolute Gasteiger partial charge is 0.238 e. The van der Waals surface area contributed by atoms with Gasteiger partial charge in [0.2, 0.25) is 5.52 Å². The summed E-state index contributed by atoms with van der Waals surface area (Å²) in [7, 11) is 0. The predicted molar refractivity (Wildman–Crippen MR) is 60.9 cm³/mol. The Balaban J connectivity index is 0.000000963. The molecule has 3 heteroatoms. The highest BCUT2D eigenvalue weighted by Gasteiger charge is 2.26. The summed E-state index contributed by atoms with van der Waals surface area (Å²) in [5, 5.41) is 1.46. The molecule has 2 nitrogen and oxygen atoms in total. The van der Waals surface area contributed by atoms with Crippen molar-refractivity contribution in [2.24, 2.45) is 0 Å². The molecule has 1 aliphatic heterocycles. The molecule has 1 aromatic carbocycles.